The van der Waals surface area contributed by atoms with Gasteiger partial charge in [0.05, 0.1) is 0 Å². The van der Waals surface area contributed by atoms with E-state index in [0.29, 0.717) is 0 Å². The third-order valence-electron chi connectivity index (χ3n) is 3.10. The van der Waals surface area contributed by atoms with Gasteiger partial charge >= 0.3 is 128 Å². The molecule has 0 aliphatic carbocycles. The van der Waals surface area contributed by atoms with Gasteiger partial charge in [0.15, 0.2) is 0 Å². The molecule has 0 saturated heterocycles. The number of hydrogen-bond donors (Lipinski definition) is 0. The Balaban J connectivity index is 7.25. The Kier molecular flexibility index (Phi) is 5.85. The minimum absolute atomic E-state index is 0.138. The summed E-state index contributed by atoms with van der Waals surface area (Å²) in [6.45, 7) is 13.0. The second-order valence-electron chi connectivity index (χ2n) is 7.98. The van der Waals surface area contributed by atoms with E-state index in [-0.39, 0.29) is 11.1 Å². The molecule has 0 unspecified atom stereocenters. The normalized spacial score (nSPS) is 15.2. The molecule has 0 aliphatic heterocycles. The van der Waals surface area contributed by atoms with E-state index in [1.54, 1.807) is 0 Å². The standard InChI is InChI=1S/2C4H9N.3C2H6N.Ta/c2*1-4(2,3)5;3*1-3-2;/h2*1-3H3;3*1-2H3;/q;;3*-1;+3. The van der Waals surface area contributed by atoms with Crippen LogP contribution in [0.2, 0.25) is 0 Å². The molecule has 0 amide bonds. The van der Waals surface area contributed by atoms with E-state index in [1.165, 1.54) is 0 Å². The summed E-state index contributed by atoms with van der Waals surface area (Å²) in [5.41, 5.74) is -0.276. The molecule has 5 nitrogen and oxygen atoms in total. The average molecular weight is 455 g/mol. The van der Waals surface area contributed by atoms with Crippen molar-refractivity contribution in [3.8, 4) is 0 Å². The van der Waals surface area contributed by atoms with Crippen molar-refractivity contribution in [2.24, 2.45) is 6.68 Å². The molecule has 0 heterocycles. The van der Waals surface area contributed by atoms with E-state index in [1.807, 2.05) is 0 Å². The maximum absolute atomic E-state index is 5.38. The number of nitrogens with zero attached hydrogens (tertiary/aromatic N) is 5. The first-order chi connectivity index (χ1) is 8.58. The summed E-state index contributed by atoms with van der Waals surface area (Å²) < 4.78 is 17.6. The Morgan fingerprint density at radius 2 is 0.750 bits per heavy atom. The van der Waals surface area contributed by atoms with Crippen LogP contribution in [0.5, 0.6) is 0 Å². The Hall–Kier alpha value is 0.220. The van der Waals surface area contributed by atoms with Gasteiger partial charge in [-0.15, -0.1) is 0 Å². The summed E-state index contributed by atoms with van der Waals surface area (Å²) in [6, 6.07) is 0. The zero-order valence-corrected chi connectivity index (χ0v) is 18.9. The van der Waals surface area contributed by atoms with Crippen LogP contribution >= 0.6 is 0 Å². The van der Waals surface area contributed by atoms with Crippen molar-refractivity contribution in [3.63, 3.8) is 0 Å². The van der Waals surface area contributed by atoms with Crippen molar-refractivity contribution in [2.45, 2.75) is 52.6 Å². The SMILES string of the molecule is C[N](C)[Ta](=[N]C(C)(C)C)(=[N]C(C)(C)C)([N](C)C)[N](C)C. The van der Waals surface area contributed by atoms with Gasteiger partial charge < -0.3 is 0 Å². The summed E-state index contributed by atoms with van der Waals surface area (Å²) in [5.74, 6) is 0. The number of hydrogen-bond acceptors (Lipinski definition) is 2. The molecule has 0 aromatic rings. The van der Waals surface area contributed by atoms with Crippen LogP contribution in [-0.2, 0) is 16.2 Å². The van der Waals surface area contributed by atoms with Crippen LogP contribution in [0.25, 0.3) is 0 Å². The van der Waals surface area contributed by atoms with Crippen molar-refractivity contribution in [2.75, 3.05) is 42.3 Å². The molecule has 0 aromatic heterocycles. The van der Waals surface area contributed by atoms with Crippen LogP contribution in [0.3, 0.4) is 0 Å². The third-order valence-corrected chi connectivity index (χ3v) is 25.4. The van der Waals surface area contributed by atoms with Gasteiger partial charge in [0.25, 0.3) is 0 Å². The molecule has 6 heteroatoms. The molecule has 0 aliphatic rings. The molecular formula is C14H36N5Ta. The molecule has 0 spiro atoms. The maximum atomic E-state index is 5.38. The zero-order chi connectivity index (χ0) is 16.6. The first kappa shape index (κ1) is 20.2. The molecule has 0 fully saturated rings. The van der Waals surface area contributed by atoms with Gasteiger partial charge in [-0.2, -0.15) is 0 Å². The zero-order valence-electron chi connectivity index (χ0n) is 15.7. The monoisotopic (exact) mass is 455 g/mol. The van der Waals surface area contributed by atoms with E-state index < -0.39 is 16.2 Å². The van der Waals surface area contributed by atoms with Crippen LogP contribution in [0.4, 0.5) is 0 Å². The molecule has 0 saturated carbocycles. The molecule has 0 bridgehead atoms. The van der Waals surface area contributed by atoms with E-state index in [2.05, 4.69) is 93.7 Å². The number of rotatable bonds is 3. The molecule has 20 heavy (non-hydrogen) atoms. The molecular weight excluding hydrogens is 419 g/mol. The van der Waals surface area contributed by atoms with Crippen molar-refractivity contribution in [1.82, 2.24) is 9.91 Å². The van der Waals surface area contributed by atoms with E-state index in [4.69, 9.17) is 6.68 Å². The van der Waals surface area contributed by atoms with Gasteiger partial charge in [-0.25, -0.2) is 0 Å². The van der Waals surface area contributed by atoms with Gasteiger partial charge in [0, 0.05) is 0 Å². The van der Waals surface area contributed by atoms with Crippen molar-refractivity contribution in [1.29, 1.82) is 0 Å². The second-order valence-corrected chi connectivity index (χ2v) is 24.5. The summed E-state index contributed by atoms with van der Waals surface area (Å²) in [7, 11) is 12.7. The quantitative estimate of drug-likeness (QED) is 0.656. The van der Waals surface area contributed by atoms with Crippen LogP contribution in [0.15, 0.2) is 6.68 Å². The van der Waals surface area contributed by atoms with E-state index >= 15 is 0 Å². The Morgan fingerprint density at radius 3 is 0.850 bits per heavy atom. The molecule has 0 radical (unpaired) electrons. The van der Waals surface area contributed by atoms with Crippen molar-refractivity contribution < 1.29 is 16.2 Å². The van der Waals surface area contributed by atoms with E-state index in [0.717, 1.165) is 0 Å². The van der Waals surface area contributed by atoms with Gasteiger partial charge in [-0.05, 0) is 0 Å². The first-order valence-corrected chi connectivity index (χ1v) is 14.3. The summed E-state index contributed by atoms with van der Waals surface area (Å²) >= 11 is -4.27. The minimum atomic E-state index is -4.27. The fourth-order valence-electron chi connectivity index (χ4n) is 2.71. The van der Waals surface area contributed by atoms with Crippen LogP contribution in [0.1, 0.15) is 41.5 Å². The van der Waals surface area contributed by atoms with Gasteiger partial charge in [-0.3, -0.25) is 0 Å². The van der Waals surface area contributed by atoms with Crippen LogP contribution < -0.4 is 0 Å². The second kappa shape index (κ2) is 5.78. The van der Waals surface area contributed by atoms with Crippen molar-refractivity contribution >= 4 is 0 Å². The van der Waals surface area contributed by atoms with E-state index in [9.17, 15) is 0 Å². The molecule has 122 valence electrons. The molecule has 0 N–H and O–H groups in total. The Labute approximate surface area is 128 Å². The Bertz CT molecular complexity index is 413. The fourth-order valence-corrected chi connectivity index (χ4v) is 22.1. The van der Waals surface area contributed by atoms with Gasteiger partial charge in [-0.1, -0.05) is 0 Å². The van der Waals surface area contributed by atoms with Crippen molar-refractivity contribution in [3.05, 3.63) is 0 Å². The topological polar surface area (TPSA) is 34.4 Å². The Morgan fingerprint density at radius 1 is 0.550 bits per heavy atom. The summed E-state index contributed by atoms with van der Waals surface area (Å²) in [5, 5.41) is 0. The van der Waals surface area contributed by atoms with Crippen LogP contribution in [-0.4, -0.2) is 63.3 Å². The fraction of sp³-hybridized carbons (Fsp3) is 1.00. The van der Waals surface area contributed by atoms with Crippen LogP contribution in [0, 0.1) is 0 Å². The predicted octanol–water partition coefficient (Wildman–Crippen LogP) is 3.07. The molecule has 0 rings (SSSR count). The average Bonchev–Trinajstić information content (AvgIpc) is 2.10. The summed E-state index contributed by atoms with van der Waals surface area (Å²) in [4.78, 5) is 0. The summed E-state index contributed by atoms with van der Waals surface area (Å²) in [6.07, 6.45) is 0. The molecule has 0 aromatic carbocycles. The predicted molar refractivity (Wildman–Crippen MR) is 85.4 cm³/mol. The third kappa shape index (κ3) is 3.70. The first-order valence-electron chi connectivity index (χ1n) is 7.13. The van der Waals surface area contributed by atoms with Gasteiger partial charge in [0.1, 0.15) is 0 Å². The molecule has 0 atom stereocenters. The van der Waals surface area contributed by atoms with Gasteiger partial charge in [0.2, 0.25) is 0 Å².